The molecule has 1 N–H and O–H groups in total. The molecule has 6 heteroatoms. The van der Waals surface area contributed by atoms with Crippen molar-refractivity contribution in [2.75, 3.05) is 64.2 Å². The molecule has 2 aromatic rings. The molecule has 1 unspecified atom stereocenters. The molecule has 0 aromatic heterocycles. The number of rotatable bonds is 12. The molecule has 3 rings (SSSR count). The van der Waals surface area contributed by atoms with Crippen LogP contribution in [0.1, 0.15) is 37.7 Å². The maximum atomic E-state index is 9.96. The van der Waals surface area contributed by atoms with Gasteiger partial charge in [-0.1, -0.05) is 25.1 Å². The second-order valence-corrected chi connectivity index (χ2v) is 9.42. The van der Waals surface area contributed by atoms with Crippen LogP contribution < -0.4 is 14.4 Å². The molecule has 1 aliphatic rings. The Hall–Kier alpha value is -1.89. The Labute approximate surface area is 197 Å². The summed E-state index contributed by atoms with van der Waals surface area (Å²) in [5, 5.41) is 9.96. The van der Waals surface area contributed by atoms with Crippen molar-refractivity contribution in [1.29, 1.82) is 0 Å². The van der Waals surface area contributed by atoms with Gasteiger partial charge in [0.25, 0.3) is 0 Å². The summed E-state index contributed by atoms with van der Waals surface area (Å²) in [4.78, 5) is 6.50. The summed E-state index contributed by atoms with van der Waals surface area (Å²) >= 11 is 1.97. The predicted molar refractivity (Wildman–Crippen MR) is 135 cm³/mol. The summed E-state index contributed by atoms with van der Waals surface area (Å²) in [6, 6.07) is 14.8. The van der Waals surface area contributed by atoms with Gasteiger partial charge in [0.1, 0.15) is 0 Å². The number of aliphatic hydroxyl groups excluding tert-OH is 1. The largest absolute Gasteiger partial charge is 0.493 e. The Morgan fingerprint density at radius 1 is 1.00 bits per heavy atom. The van der Waals surface area contributed by atoms with Crippen molar-refractivity contribution in [1.82, 2.24) is 4.90 Å². The van der Waals surface area contributed by atoms with E-state index >= 15 is 0 Å². The molecule has 32 heavy (non-hydrogen) atoms. The van der Waals surface area contributed by atoms with Crippen LogP contribution in [0.2, 0.25) is 0 Å². The highest BCUT2D eigenvalue weighted by molar-refractivity contribution is 7.99. The van der Waals surface area contributed by atoms with Gasteiger partial charge >= 0.3 is 0 Å². The van der Waals surface area contributed by atoms with Gasteiger partial charge in [-0.15, -0.1) is 11.8 Å². The number of hydrogen-bond donors (Lipinski definition) is 1. The lowest BCUT2D eigenvalue weighted by atomic mass is 9.94. The van der Waals surface area contributed by atoms with E-state index in [0.717, 1.165) is 62.6 Å². The van der Waals surface area contributed by atoms with Crippen molar-refractivity contribution in [2.24, 2.45) is 0 Å². The third kappa shape index (κ3) is 6.56. The Kier molecular flexibility index (Phi) is 10.0. The van der Waals surface area contributed by atoms with Crippen molar-refractivity contribution in [3.63, 3.8) is 0 Å². The van der Waals surface area contributed by atoms with E-state index in [1.807, 2.05) is 30.0 Å². The van der Waals surface area contributed by atoms with Crippen LogP contribution in [0.5, 0.6) is 11.5 Å². The van der Waals surface area contributed by atoms with Crippen LogP contribution in [0, 0.1) is 0 Å². The molecule has 176 valence electrons. The minimum absolute atomic E-state index is 0.124. The fraction of sp³-hybridized carbons (Fsp3) is 0.538. The zero-order valence-corrected chi connectivity index (χ0v) is 20.6. The van der Waals surface area contributed by atoms with E-state index in [4.69, 9.17) is 9.47 Å². The van der Waals surface area contributed by atoms with Crippen molar-refractivity contribution in [3.05, 3.63) is 48.0 Å². The lowest BCUT2D eigenvalue weighted by Crippen LogP contribution is -2.46. The minimum atomic E-state index is 0.124. The van der Waals surface area contributed by atoms with Crippen LogP contribution in [-0.2, 0) is 0 Å². The molecule has 2 aromatic carbocycles. The monoisotopic (exact) mass is 458 g/mol. The highest BCUT2D eigenvalue weighted by Gasteiger charge is 2.20. The van der Waals surface area contributed by atoms with Crippen LogP contribution in [0.25, 0.3) is 0 Å². The summed E-state index contributed by atoms with van der Waals surface area (Å²) in [6.45, 7) is 7.78. The molecule has 1 aliphatic heterocycles. The number of aliphatic hydroxyl groups is 1. The molecule has 1 fully saturated rings. The van der Waals surface area contributed by atoms with Gasteiger partial charge in [-0.2, -0.15) is 0 Å². The number of benzene rings is 2. The quantitative estimate of drug-likeness (QED) is 0.457. The third-order valence-electron chi connectivity index (χ3n) is 6.17. The fourth-order valence-corrected chi connectivity index (χ4v) is 5.24. The Morgan fingerprint density at radius 3 is 2.44 bits per heavy atom. The van der Waals surface area contributed by atoms with E-state index < -0.39 is 0 Å². The predicted octanol–water partition coefficient (Wildman–Crippen LogP) is 4.88. The van der Waals surface area contributed by atoms with Crippen molar-refractivity contribution < 1.29 is 14.6 Å². The summed E-state index contributed by atoms with van der Waals surface area (Å²) in [5.74, 6) is 2.74. The topological polar surface area (TPSA) is 45.2 Å². The number of piperazine rings is 1. The Morgan fingerprint density at radius 2 is 1.75 bits per heavy atom. The SMILES string of the molecule is CCCSc1ccccc1N1CCN(CCCC(CO)c2ccc(OC)c(OC)c2)CC1. The molecule has 0 amide bonds. The number of para-hydroxylation sites is 1. The normalized spacial score (nSPS) is 15.6. The lowest BCUT2D eigenvalue weighted by molar-refractivity contribution is 0.230. The highest BCUT2D eigenvalue weighted by Crippen LogP contribution is 2.33. The van der Waals surface area contributed by atoms with Crippen molar-refractivity contribution in [3.8, 4) is 11.5 Å². The molecule has 1 atom stereocenters. The van der Waals surface area contributed by atoms with Gasteiger partial charge < -0.3 is 19.5 Å². The molecule has 5 nitrogen and oxygen atoms in total. The minimum Gasteiger partial charge on any atom is -0.493 e. The first kappa shape index (κ1) is 24.7. The summed E-state index contributed by atoms with van der Waals surface area (Å²) in [5.41, 5.74) is 2.50. The van der Waals surface area contributed by atoms with Gasteiger partial charge in [-0.3, -0.25) is 4.90 Å². The maximum absolute atomic E-state index is 9.96. The summed E-state index contributed by atoms with van der Waals surface area (Å²) in [6.07, 6.45) is 3.23. The average molecular weight is 459 g/mol. The smallest absolute Gasteiger partial charge is 0.160 e. The van der Waals surface area contributed by atoms with Gasteiger partial charge in [0, 0.05) is 43.6 Å². The van der Waals surface area contributed by atoms with Gasteiger partial charge in [-0.05, 0) is 61.4 Å². The van der Waals surface area contributed by atoms with Crippen LogP contribution in [-0.4, -0.2) is 69.3 Å². The van der Waals surface area contributed by atoms with E-state index in [9.17, 15) is 5.11 Å². The molecule has 0 radical (unpaired) electrons. The number of hydrogen-bond acceptors (Lipinski definition) is 6. The van der Waals surface area contributed by atoms with Crippen LogP contribution in [0.4, 0.5) is 5.69 Å². The van der Waals surface area contributed by atoms with E-state index in [1.165, 1.54) is 22.8 Å². The number of methoxy groups -OCH3 is 2. The molecular formula is C26H38N2O3S. The number of thioether (sulfide) groups is 1. The third-order valence-corrected chi connectivity index (χ3v) is 7.43. The Balaban J connectivity index is 1.48. The second kappa shape index (κ2) is 13.0. The Bertz CT molecular complexity index is 824. The molecule has 0 saturated carbocycles. The molecular weight excluding hydrogens is 420 g/mol. The first-order valence-electron chi connectivity index (χ1n) is 11.7. The van der Waals surface area contributed by atoms with Crippen molar-refractivity contribution in [2.45, 2.75) is 37.0 Å². The molecule has 0 aliphatic carbocycles. The number of nitrogens with zero attached hydrogens (tertiary/aromatic N) is 2. The summed E-state index contributed by atoms with van der Waals surface area (Å²) < 4.78 is 10.8. The molecule has 1 saturated heterocycles. The van der Waals surface area contributed by atoms with E-state index in [2.05, 4.69) is 41.0 Å². The standard InChI is InChI=1S/C26H38N2O3S/c1-4-18-32-26-10-6-5-9-23(26)28-16-14-27(15-17-28)13-7-8-22(20-29)21-11-12-24(30-2)25(19-21)31-3/h5-6,9-12,19,22,29H,4,7-8,13-18,20H2,1-3H3. The second-order valence-electron chi connectivity index (χ2n) is 8.28. The van der Waals surface area contributed by atoms with Gasteiger partial charge in [0.15, 0.2) is 11.5 Å². The van der Waals surface area contributed by atoms with Gasteiger partial charge in [0.2, 0.25) is 0 Å². The average Bonchev–Trinajstić information content (AvgIpc) is 2.85. The molecule has 0 bridgehead atoms. The van der Waals surface area contributed by atoms with E-state index in [0.29, 0.717) is 0 Å². The zero-order chi connectivity index (χ0) is 22.8. The van der Waals surface area contributed by atoms with Crippen LogP contribution >= 0.6 is 11.8 Å². The first-order chi connectivity index (χ1) is 15.7. The van der Waals surface area contributed by atoms with Gasteiger partial charge in [0.05, 0.1) is 19.9 Å². The van der Waals surface area contributed by atoms with E-state index in [1.54, 1.807) is 14.2 Å². The van der Waals surface area contributed by atoms with Crippen LogP contribution in [0.15, 0.2) is 47.4 Å². The zero-order valence-electron chi connectivity index (χ0n) is 19.8. The summed E-state index contributed by atoms with van der Waals surface area (Å²) in [7, 11) is 3.29. The number of anilines is 1. The fourth-order valence-electron chi connectivity index (χ4n) is 4.30. The number of ether oxygens (including phenoxy) is 2. The highest BCUT2D eigenvalue weighted by atomic mass is 32.2. The van der Waals surface area contributed by atoms with E-state index in [-0.39, 0.29) is 12.5 Å². The molecule has 0 spiro atoms. The molecule has 1 heterocycles. The first-order valence-corrected chi connectivity index (χ1v) is 12.7. The van der Waals surface area contributed by atoms with Gasteiger partial charge in [-0.25, -0.2) is 0 Å². The lowest BCUT2D eigenvalue weighted by Gasteiger charge is -2.37. The maximum Gasteiger partial charge on any atom is 0.160 e. The van der Waals surface area contributed by atoms with Crippen LogP contribution in [0.3, 0.4) is 0 Å². The van der Waals surface area contributed by atoms with Crippen molar-refractivity contribution >= 4 is 17.4 Å².